The molecule has 0 spiro atoms. The van der Waals surface area contributed by atoms with Gasteiger partial charge in [-0.15, -0.1) is 0 Å². The Balaban J connectivity index is 2.14. The lowest BCUT2D eigenvalue weighted by Gasteiger charge is -2.09. The molecule has 0 saturated heterocycles. The molecule has 2 N–H and O–H groups in total. The number of hydrogen-bond acceptors (Lipinski definition) is 3. The van der Waals surface area contributed by atoms with E-state index in [1.807, 2.05) is 36.4 Å². The summed E-state index contributed by atoms with van der Waals surface area (Å²) in [4.78, 5) is 8.67. The highest BCUT2D eigenvalue weighted by Crippen LogP contribution is 2.29. The van der Waals surface area contributed by atoms with E-state index in [1.165, 1.54) is 11.1 Å². The van der Waals surface area contributed by atoms with Gasteiger partial charge in [0.15, 0.2) is 0 Å². The molecular weight excluding hydrogens is 294 g/mol. The van der Waals surface area contributed by atoms with Crippen LogP contribution in [-0.2, 0) is 0 Å². The predicted molar refractivity (Wildman–Crippen MR) is 91.8 cm³/mol. The summed E-state index contributed by atoms with van der Waals surface area (Å²) in [5.41, 5.74) is 11.7. The largest absolute Gasteiger partial charge is 0.368 e. The summed E-state index contributed by atoms with van der Waals surface area (Å²) < 4.78 is 0. The molecule has 22 heavy (non-hydrogen) atoms. The van der Waals surface area contributed by atoms with Crippen molar-refractivity contribution in [2.24, 2.45) is 0 Å². The lowest BCUT2D eigenvalue weighted by Crippen LogP contribution is -1.99. The Labute approximate surface area is 134 Å². The minimum Gasteiger partial charge on any atom is -0.368 e. The molecule has 0 unspecified atom stereocenters. The first-order valence-electron chi connectivity index (χ1n) is 7.01. The molecule has 110 valence electrons. The molecule has 4 heteroatoms. The van der Waals surface area contributed by atoms with Gasteiger partial charge < -0.3 is 5.73 Å². The Morgan fingerprint density at radius 2 is 1.59 bits per heavy atom. The van der Waals surface area contributed by atoms with Gasteiger partial charge in [-0.3, -0.25) is 0 Å². The zero-order chi connectivity index (χ0) is 15.7. The van der Waals surface area contributed by atoms with Crippen molar-refractivity contribution < 1.29 is 0 Å². The average Bonchev–Trinajstić information content (AvgIpc) is 2.50. The average molecular weight is 310 g/mol. The molecule has 0 fully saturated rings. The van der Waals surface area contributed by atoms with Gasteiger partial charge in [0.1, 0.15) is 0 Å². The molecule has 1 heterocycles. The van der Waals surface area contributed by atoms with Crippen LogP contribution in [0.25, 0.3) is 22.5 Å². The molecule has 0 radical (unpaired) electrons. The van der Waals surface area contributed by atoms with Gasteiger partial charge in [0.2, 0.25) is 5.95 Å². The molecule has 0 bridgehead atoms. The van der Waals surface area contributed by atoms with Gasteiger partial charge in [0, 0.05) is 16.1 Å². The number of rotatable bonds is 2. The first-order valence-corrected chi connectivity index (χ1v) is 7.39. The van der Waals surface area contributed by atoms with Crippen molar-refractivity contribution >= 4 is 17.5 Å². The Bertz CT molecular complexity index is 843. The second kappa shape index (κ2) is 5.78. The fraction of sp³-hybridized carbons (Fsp3) is 0.111. The molecule has 0 aliphatic rings. The fourth-order valence-electron chi connectivity index (χ4n) is 2.32. The molecule has 0 saturated carbocycles. The topological polar surface area (TPSA) is 51.8 Å². The lowest BCUT2D eigenvalue weighted by atomic mass is 10.0. The highest BCUT2D eigenvalue weighted by Gasteiger charge is 2.10. The molecule has 0 aliphatic carbocycles. The number of aromatic nitrogens is 2. The zero-order valence-corrected chi connectivity index (χ0v) is 13.2. The van der Waals surface area contributed by atoms with E-state index in [9.17, 15) is 0 Å². The van der Waals surface area contributed by atoms with Gasteiger partial charge in [-0.1, -0.05) is 41.9 Å². The highest BCUT2D eigenvalue weighted by atomic mass is 35.5. The van der Waals surface area contributed by atoms with Crippen LogP contribution in [0.1, 0.15) is 11.1 Å². The summed E-state index contributed by atoms with van der Waals surface area (Å²) >= 11 is 6.25. The Morgan fingerprint density at radius 1 is 0.864 bits per heavy atom. The SMILES string of the molecule is Cc1ccc(-c2cc(-c3ccccc3Cl)nc(N)n2)cc1C. The molecule has 3 rings (SSSR count). The second-order valence-electron chi connectivity index (χ2n) is 5.28. The normalized spacial score (nSPS) is 10.7. The van der Waals surface area contributed by atoms with Crippen LogP contribution in [0, 0.1) is 13.8 Å². The molecule has 1 aromatic heterocycles. The van der Waals surface area contributed by atoms with Crippen molar-refractivity contribution in [1.29, 1.82) is 0 Å². The van der Waals surface area contributed by atoms with Crippen molar-refractivity contribution in [1.82, 2.24) is 9.97 Å². The van der Waals surface area contributed by atoms with E-state index in [4.69, 9.17) is 17.3 Å². The van der Waals surface area contributed by atoms with Crippen LogP contribution in [0.3, 0.4) is 0 Å². The third-order valence-corrected chi connectivity index (χ3v) is 4.03. The molecular formula is C18H16ClN3. The van der Waals surface area contributed by atoms with E-state index >= 15 is 0 Å². The predicted octanol–water partition coefficient (Wildman–Crippen LogP) is 4.66. The second-order valence-corrected chi connectivity index (χ2v) is 5.68. The Hall–Kier alpha value is -2.39. The monoisotopic (exact) mass is 309 g/mol. The van der Waals surface area contributed by atoms with Crippen molar-refractivity contribution in [3.8, 4) is 22.5 Å². The molecule has 0 amide bonds. The van der Waals surface area contributed by atoms with Gasteiger partial charge in [0.05, 0.1) is 11.4 Å². The van der Waals surface area contributed by atoms with Crippen molar-refractivity contribution in [3.05, 3.63) is 64.7 Å². The number of halogens is 1. The highest BCUT2D eigenvalue weighted by molar-refractivity contribution is 6.33. The first-order chi connectivity index (χ1) is 10.5. The van der Waals surface area contributed by atoms with Gasteiger partial charge in [-0.25, -0.2) is 9.97 Å². The van der Waals surface area contributed by atoms with Crippen LogP contribution in [0.5, 0.6) is 0 Å². The van der Waals surface area contributed by atoms with E-state index < -0.39 is 0 Å². The van der Waals surface area contributed by atoms with Crippen LogP contribution in [-0.4, -0.2) is 9.97 Å². The van der Waals surface area contributed by atoms with Crippen LogP contribution < -0.4 is 5.73 Å². The summed E-state index contributed by atoms with van der Waals surface area (Å²) in [6, 6.07) is 15.7. The van der Waals surface area contributed by atoms with Gasteiger partial charge >= 0.3 is 0 Å². The standard InChI is InChI=1S/C18H16ClN3/c1-11-7-8-13(9-12(11)2)16-10-17(22-18(20)21-16)14-5-3-4-6-15(14)19/h3-10H,1-2H3,(H2,20,21,22). The van der Waals surface area contributed by atoms with E-state index in [1.54, 1.807) is 0 Å². The summed E-state index contributed by atoms with van der Waals surface area (Å²) in [6.45, 7) is 4.17. The summed E-state index contributed by atoms with van der Waals surface area (Å²) in [5, 5.41) is 0.645. The summed E-state index contributed by atoms with van der Waals surface area (Å²) in [6.07, 6.45) is 0. The van der Waals surface area contributed by atoms with Gasteiger partial charge in [-0.2, -0.15) is 0 Å². The fourth-order valence-corrected chi connectivity index (χ4v) is 2.55. The number of hydrogen-bond donors (Lipinski definition) is 1. The molecule has 3 nitrogen and oxygen atoms in total. The van der Waals surface area contributed by atoms with Crippen LogP contribution in [0.4, 0.5) is 5.95 Å². The number of nitrogens with zero attached hydrogens (tertiary/aromatic N) is 2. The number of anilines is 1. The number of benzene rings is 2. The maximum Gasteiger partial charge on any atom is 0.221 e. The van der Waals surface area contributed by atoms with Crippen molar-refractivity contribution in [2.45, 2.75) is 13.8 Å². The molecule has 0 aliphatic heterocycles. The van der Waals surface area contributed by atoms with Gasteiger partial charge in [0.25, 0.3) is 0 Å². The number of nitrogens with two attached hydrogens (primary N) is 1. The van der Waals surface area contributed by atoms with Crippen LogP contribution in [0.2, 0.25) is 5.02 Å². The van der Waals surface area contributed by atoms with E-state index in [0.29, 0.717) is 5.02 Å². The quantitative estimate of drug-likeness (QED) is 0.749. The van der Waals surface area contributed by atoms with Crippen LogP contribution >= 0.6 is 11.6 Å². The van der Waals surface area contributed by atoms with Crippen LogP contribution in [0.15, 0.2) is 48.5 Å². The molecule has 2 aromatic carbocycles. The van der Waals surface area contributed by atoms with E-state index in [-0.39, 0.29) is 5.95 Å². The molecule has 3 aromatic rings. The minimum absolute atomic E-state index is 0.241. The maximum atomic E-state index is 6.25. The Kier molecular flexibility index (Phi) is 3.82. The number of nitrogen functional groups attached to an aromatic ring is 1. The van der Waals surface area contributed by atoms with Crippen molar-refractivity contribution in [2.75, 3.05) is 5.73 Å². The zero-order valence-electron chi connectivity index (χ0n) is 12.5. The van der Waals surface area contributed by atoms with E-state index in [0.717, 1.165) is 22.5 Å². The Morgan fingerprint density at radius 3 is 2.32 bits per heavy atom. The minimum atomic E-state index is 0.241. The first kappa shape index (κ1) is 14.5. The van der Waals surface area contributed by atoms with Crippen molar-refractivity contribution in [3.63, 3.8) is 0 Å². The third-order valence-electron chi connectivity index (χ3n) is 3.70. The summed E-state index contributed by atoms with van der Waals surface area (Å²) in [5.74, 6) is 0.241. The maximum absolute atomic E-state index is 6.25. The number of aryl methyl sites for hydroxylation is 2. The lowest BCUT2D eigenvalue weighted by molar-refractivity contribution is 1.19. The molecule has 0 atom stereocenters. The third kappa shape index (κ3) is 2.81. The smallest absolute Gasteiger partial charge is 0.221 e. The summed E-state index contributed by atoms with van der Waals surface area (Å²) in [7, 11) is 0. The van der Waals surface area contributed by atoms with Gasteiger partial charge in [-0.05, 0) is 43.2 Å². The van der Waals surface area contributed by atoms with E-state index in [2.05, 4.69) is 35.9 Å².